The van der Waals surface area contributed by atoms with Crippen LogP contribution in [0.15, 0.2) is 53.4 Å². The summed E-state index contributed by atoms with van der Waals surface area (Å²) in [5.74, 6) is 0.619. The molecule has 1 aromatic heterocycles. The van der Waals surface area contributed by atoms with Gasteiger partial charge in [-0.1, -0.05) is 41.9 Å². The van der Waals surface area contributed by atoms with Gasteiger partial charge in [0.05, 0.1) is 34.2 Å². The molecule has 4 rings (SSSR count). The van der Waals surface area contributed by atoms with Gasteiger partial charge in [0.25, 0.3) is 0 Å². The van der Waals surface area contributed by atoms with Crippen molar-refractivity contribution in [3.05, 3.63) is 59.9 Å². The van der Waals surface area contributed by atoms with Crippen LogP contribution < -0.4 is 0 Å². The Morgan fingerprint density at radius 2 is 1.90 bits per heavy atom. The van der Waals surface area contributed by atoms with Gasteiger partial charge >= 0.3 is 0 Å². The quantitative estimate of drug-likeness (QED) is 0.616. The van der Waals surface area contributed by atoms with E-state index >= 15 is 0 Å². The summed E-state index contributed by atoms with van der Waals surface area (Å²) in [6.45, 7) is 4.23. The Hall–Kier alpha value is -2.19. The summed E-state index contributed by atoms with van der Waals surface area (Å²) in [5, 5.41) is 0.506. The highest BCUT2D eigenvalue weighted by molar-refractivity contribution is 7.89. The van der Waals surface area contributed by atoms with Gasteiger partial charge in [0.2, 0.25) is 10.0 Å². The number of nitrogens with zero attached hydrogens (tertiary/aromatic N) is 3. The molecule has 1 fully saturated rings. The smallest absolute Gasteiger partial charge is 0.243 e. The van der Waals surface area contributed by atoms with Gasteiger partial charge in [0.1, 0.15) is 0 Å². The average Bonchev–Trinajstić information content (AvgIpc) is 3.13. The van der Waals surface area contributed by atoms with Gasteiger partial charge < -0.3 is 9.30 Å². The molecule has 3 aromatic rings. The van der Waals surface area contributed by atoms with Crippen molar-refractivity contribution in [3.8, 4) is 0 Å². The van der Waals surface area contributed by atoms with Gasteiger partial charge in [-0.2, -0.15) is 4.31 Å². The third-order valence-electron chi connectivity index (χ3n) is 4.95. The van der Waals surface area contributed by atoms with Crippen molar-refractivity contribution >= 4 is 43.8 Å². The molecular weight excluding hydrogens is 410 g/mol. The monoisotopic (exact) mass is 431 g/mol. The number of sulfonamides is 1. The minimum absolute atomic E-state index is 0.238. The molecule has 2 heterocycles. The zero-order valence-electron chi connectivity index (χ0n) is 16.1. The number of hydrogen-bond donors (Lipinski definition) is 0. The highest BCUT2D eigenvalue weighted by Gasteiger charge is 2.27. The van der Waals surface area contributed by atoms with Crippen molar-refractivity contribution in [3.63, 3.8) is 0 Å². The summed E-state index contributed by atoms with van der Waals surface area (Å²) >= 11 is 6.58. The molecule has 0 amide bonds. The fraction of sp³-hybridized carbons (Fsp3) is 0.286. The second kappa shape index (κ2) is 8.28. The lowest BCUT2D eigenvalue weighted by Gasteiger charge is -2.26. The molecule has 1 aliphatic heterocycles. The van der Waals surface area contributed by atoms with Gasteiger partial charge in [-0.25, -0.2) is 13.4 Å². The Kier molecular flexibility index (Phi) is 5.74. The van der Waals surface area contributed by atoms with E-state index in [9.17, 15) is 8.42 Å². The molecule has 152 valence electrons. The number of morpholine rings is 1. The Labute approximate surface area is 175 Å². The van der Waals surface area contributed by atoms with Gasteiger partial charge in [0.15, 0.2) is 5.82 Å². The first-order chi connectivity index (χ1) is 14.0. The topological polar surface area (TPSA) is 64.4 Å². The van der Waals surface area contributed by atoms with Crippen LogP contribution in [0.4, 0.5) is 0 Å². The van der Waals surface area contributed by atoms with E-state index in [1.54, 1.807) is 18.2 Å². The van der Waals surface area contributed by atoms with Crippen molar-refractivity contribution in [1.29, 1.82) is 0 Å². The predicted molar refractivity (Wildman–Crippen MR) is 115 cm³/mol. The molecule has 0 bridgehead atoms. The van der Waals surface area contributed by atoms with Crippen LogP contribution in [0.1, 0.15) is 18.3 Å². The van der Waals surface area contributed by atoms with Crippen LogP contribution in [-0.4, -0.2) is 48.6 Å². The lowest BCUT2D eigenvalue weighted by atomic mass is 10.2. The first-order valence-electron chi connectivity index (χ1n) is 9.51. The first kappa shape index (κ1) is 20.1. The lowest BCUT2D eigenvalue weighted by molar-refractivity contribution is 0.0730. The molecule has 0 unspecified atom stereocenters. The molecule has 1 aliphatic rings. The van der Waals surface area contributed by atoms with Gasteiger partial charge in [-0.3, -0.25) is 0 Å². The van der Waals surface area contributed by atoms with Crippen molar-refractivity contribution in [2.45, 2.75) is 18.4 Å². The van der Waals surface area contributed by atoms with Crippen molar-refractivity contribution in [2.24, 2.45) is 0 Å². The number of ether oxygens (including phenoxy) is 1. The lowest BCUT2D eigenvalue weighted by Crippen LogP contribution is -2.40. The summed E-state index contributed by atoms with van der Waals surface area (Å²) in [6.07, 6.45) is 1.86. The first-order valence-corrected chi connectivity index (χ1v) is 11.3. The maximum atomic E-state index is 13.0. The molecule has 0 atom stereocenters. The van der Waals surface area contributed by atoms with E-state index in [0.29, 0.717) is 49.2 Å². The van der Waals surface area contributed by atoms with Crippen LogP contribution >= 0.6 is 11.6 Å². The maximum Gasteiger partial charge on any atom is 0.243 e. The minimum Gasteiger partial charge on any atom is -0.379 e. The van der Waals surface area contributed by atoms with E-state index in [0.717, 1.165) is 11.1 Å². The van der Waals surface area contributed by atoms with E-state index in [1.807, 2.05) is 47.9 Å². The molecule has 0 aliphatic carbocycles. The molecule has 8 heteroatoms. The molecule has 1 saturated heterocycles. The third kappa shape index (κ3) is 3.96. The number of rotatable bonds is 5. The summed E-state index contributed by atoms with van der Waals surface area (Å²) < 4.78 is 34.6. The zero-order chi connectivity index (χ0) is 20.4. The minimum atomic E-state index is -3.58. The van der Waals surface area contributed by atoms with E-state index in [-0.39, 0.29) is 4.90 Å². The second-order valence-corrected chi connectivity index (χ2v) is 9.09. The molecule has 0 radical (unpaired) electrons. The standard InChI is InChI=1S/C21H22ClN3O3S/c1-2-25-20-9-8-17(29(26,27)24-10-12-28-13-11-24)15-19(20)23-21(25)18(22)14-16-6-4-3-5-7-16/h3-9,14-15H,2,10-13H2,1H3/b18-14-. The van der Waals surface area contributed by atoms with Crippen molar-refractivity contribution in [1.82, 2.24) is 13.9 Å². The molecule has 0 spiro atoms. The summed E-state index contributed by atoms with van der Waals surface area (Å²) in [6, 6.07) is 14.8. The molecule has 2 aromatic carbocycles. The molecule has 0 N–H and O–H groups in total. The highest BCUT2D eigenvalue weighted by Crippen LogP contribution is 2.28. The largest absolute Gasteiger partial charge is 0.379 e. The van der Waals surface area contributed by atoms with Crippen molar-refractivity contribution in [2.75, 3.05) is 26.3 Å². The molecule has 6 nitrogen and oxygen atoms in total. The molecule has 0 saturated carbocycles. The van der Waals surface area contributed by atoms with Crippen LogP contribution in [0.2, 0.25) is 0 Å². The Bertz CT molecular complexity index is 1150. The highest BCUT2D eigenvalue weighted by atomic mass is 35.5. The number of hydrogen-bond acceptors (Lipinski definition) is 4. The van der Waals surface area contributed by atoms with Gasteiger partial charge in [-0.15, -0.1) is 0 Å². The van der Waals surface area contributed by atoms with E-state index < -0.39 is 10.0 Å². The van der Waals surface area contributed by atoms with E-state index in [4.69, 9.17) is 16.3 Å². The molecular formula is C21H22ClN3O3S. The van der Waals surface area contributed by atoms with E-state index in [1.165, 1.54) is 4.31 Å². The summed E-state index contributed by atoms with van der Waals surface area (Å²) in [5.41, 5.74) is 2.43. The van der Waals surface area contributed by atoms with Crippen LogP contribution in [0.25, 0.3) is 22.1 Å². The maximum absolute atomic E-state index is 13.0. The Morgan fingerprint density at radius 1 is 1.17 bits per heavy atom. The summed E-state index contributed by atoms with van der Waals surface area (Å²) in [7, 11) is -3.58. The zero-order valence-corrected chi connectivity index (χ0v) is 17.7. The molecule has 29 heavy (non-hydrogen) atoms. The fourth-order valence-electron chi connectivity index (χ4n) is 3.47. The van der Waals surface area contributed by atoms with Gasteiger partial charge in [0, 0.05) is 19.6 Å². The Morgan fingerprint density at radius 3 is 2.59 bits per heavy atom. The van der Waals surface area contributed by atoms with Crippen molar-refractivity contribution < 1.29 is 13.2 Å². The van der Waals surface area contributed by atoms with Crippen LogP contribution in [0.3, 0.4) is 0 Å². The number of benzene rings is 2. The predicted octanol–water partition coefficient (Wildman–Crippen LogP) is 3.81. The van der Waals surface area contributed by atoms with Crippen LogP contribution in [-0.2, 0) is 21.3 Å². The van der Waals surface area contributed by atoms with Crippen LogP contribution in [0, 0.1) is 0 Å². The number of fused-ring (bicyclic) bond motifs is 1. The number of halogens is 1. The van der Waals surface area contributed by atoms with Gasteiger partial charge in [-0.05, 0) is 36.8 Å². The Balaban J connectivity index is 1.76. The number of aryl methyl sites for hydroxylation is 1. The number of aromatic nitrogens is 2. The normalized spacial score (nSPS) is 16.4. The van der Waals surface area contributed by atoms with E-state index in [2.05, 4.69) is 4.98 Å². The second-order valence-electron chi connectivity index (χ2n) is 6.75. The average molecular weight is 432 g/mol. The fourth-order valence-corrected chi connectivity index (χ4v) is 5.17. The summed E-state index contributed by atoms with van der Waals surface area (Å²) in [4.78, 5) is 4.89. The number of imidazole rings is 1. The third-order valence-corrected chi connectivity index (χ3v) is 7.12. The SMILES string of the molecule is CCn1c(/C(Cl)=C/c2ccccc2)nc2cc(S(=O)(=O)N3CCOCC3)ccc21. The van der Waals surface area contributed by atoms with Crippen LogP contribution in [0.5, 0.6) is 0 Å².